The van der Waals surface area contributed by atoms with E-state index in [1.54, 1.807) is 6.20 Å². The third-order valence-corrected chi connectivity index (χ3v) is 6.67. The fourth-order valence-electron chi connectivity index (χ4n) is 3.51. The highest BCUT2D eigenvalue weighted by molar-refractivity contribution is 7.17. The number of nitrogens with one attached hydrogen (secondary N) is 1. The molecule has 1 N–H and O–H groups in total. The maximum Gasteiger partial charge on any atom is 0.263 e. The third kappa shape index (κ3) is 3.62. The largest absolute Gasteiger partial charge is 0.350 e. The fourth-order valence-corrected chi connectivity index (χ4v) is 4.60. The molecule has 0 bridgehead atoms. The van der Waals surface area contributed by atoms with Gasteiger partial charge in [0.2, 0.25) is 0 Å². The van der Waals surface area contributed by atoms with Crippen LogP contribution >= 0.6 is 22.9 Å². The van der Waals surface area contributed by atoms with Crippen LogP contribution in [-0.4, -0.2) is 22.4 Å². The van der Waals surface area contributed by atoms with E-state index in [4.69, 9.17) is 11.6 Å². The number of carbonyl (C=O) groups excluding carboxylic acids is 1. The minimum Gasteiger partial charge on any atom is -0.350 e. The van der Waals surface area contributed by atoms with E-state index in [0.717, 1.165) is 34.3 Å². The number of thiazole rings is 1. The van der Waals surface area contributed by atoms with Crippen LogP contribution in [-0.2, 0) is 5.41 Å². The molecular formula is C21H20ClN3OS. The molecule has 3 aromatic rings. The Hall–Kier alpha value is -2.24. The average molecular weight is 398 g/mol. The average Bonchev–Trinajstić information content (AvgIpc) is 3.04. The van der Waals surface area contributed by atoms with E-state index >= 15 is 0 Å². The van der Waals surface area contributed by atoms with Crippen LogP contribution in [0, 0.1) is 6.92 Å². The zero-order valence-corrected chi connectivity index (χ0v) is 16.6. The first-order valence-electron chi connectivity index (χ1n) is 9.00. The lowest BCUT2D eigenvalue weighted by Gasteiger charge is -2.42. The van der Waals surface area contributed by atoms with Gasteiger partial charge in [-0.2, -0.15) is 0 Å². The summed E-state index contributed by atoms with van der Waals surface area (Å²) in [6, 6.07) is 13.7. The molecule has 1 aliphatic carbocycles. The number of halogens is 1. The molecule has 1 fully saturated rings. The number of amides is 1. The molecule has 4 rings (SSSR count). The highest BCUT2D eigenvalue weighted by Gasteiger charge is 2.39. The summed E-state index contributed by atoms with van der Waals surface area (Å²) in [6.45, 7) is 2.50. The van der Waals surface area contributed by atoms with Crippen molar-refractivity contribution in [2.24, 2.45) is 0 Å². The molecule has 4 nitrogen and oxygen atoms in total. The predicted molar refractivity (Wildman–Crippen MR) is 109 cm³/mol. The topological polar surface area (TPSA) is 54.9 Å². The molecule has 2 heterocycles. The first-order valence-corrected chi connectivity index (χ1v) is 10.2. The second kappa shape index (κ2) is 7.41. The van der Waals surface area contributed by atoms with Crippen LogP contribution in [0.4, 0.5) is 0 Å². The van der Waals surface area contributed by atoms with Crippen molar-refractivity contribution >= 4 is 28.8 Å². The maximum absolute atomic E-state index is 12.8. The molecule has 2 aromatic heterocycles. The Balaban J connectivity index is 1.49. The molecule has 1 aromatic carbocycles. The van der Waals surface area contributed by atoms with E-state index in [1.807, 2.05) is 37.3 Å². The molecule has 0 aliphatic heterocycles. The Kier molecular flexibility index (Phi) is 4.98. The van der Waals surface area contributed by atoms with Gasteiger partial charge in [-0.05, 0) is 49.6 Å². The van der Waals surface area contributed by atoms with Crippen molar-refractivity contribution in [2.75, 3.05) is 6.54 Å². The van der Waals surface area contributed by atoms with Crippen LogP contribution in [0.15, 0.2) is 48.7 Å². The highest BCUT2D eigenvalue weighted by Crippen LogP contribution is 2.43. The van der Waals surface area contributed by atoms with E-state index in [2.05, 4.69) is 27.4 Å². The van der Waals surface area contributed by atoms with Gasteiger partial charge in [0.15, 0.2) is 0 Å². The second-order valence-electron chi connectivity index (χ2n) is 6.97. The summed E-state index contributed by atoms with van der Waals surface area (Å²) in [7, 11) is 0. The number of pyridine rings is 1. The third-order valence-electron chi connectivity index (χ3n) is 5.24. The van der Waals surface area contributed by atoms with E-state index < -0.39 is 0 Å². The Labute approximate surface area is 167 Å². The van der Waals surface area contributed by atoms with Gasteiger partial charge in [0.1, 0.15) is 9.88 Å². The fraction of sp³-hybridized carbons (Fsp3) is 0.286. The molecule has 0 atom stereocenters. The van der Waals surface area contributed by atoms with Crippen molar-refractivity contribution in [3.8, 4) is 10.7 Å². The van der Waals surface area contributed by atoms with Crippen molar-refractivity contribution in [3.63, 3.8) is 0 Å². The first-order chi connectivity index (χ1) is 13.1. The molecule has 0 radical (unpaired) electrons. The van der Waals surface area contributed by atoms with Crippen LogP contribution in [0.25, 0.3) is 10.7 Å². The lowest BCUT2D eigenvalue weighted by atomic mass is 9.64. The van der Waals surface area contributed by atoms with E-state index in [1.165, 1.54) is 23.3 Å². The maximum atomic E-state index is 12.8. The Bertz CT molecular complexity index is 949. The van der Waals surface area contributed by atoms with Crippen LogP contribution in [0.5, 0.6) is 0 Å². The Morgan fingerprint density at radius 1 is 1.22 bits per heavy atom. The molecule has 1 amide bonds. The van der Waals surface area contributed by atoms with Crippen molar-refractivity contribution in [1.29, 1.82) is 0 Å². The van der Waals surface area contributed by atoms with Crippen molar-refractivity contribution in [1.82, 2.24) is 15.3 Å². The summed E-state index contributed by atoms with van der Waals surface area (Å²) in [4.78, 5) is 22.3. The van der Waals surface area contributed by atoms with Gasteiger partial charge in [-0.15, -0.1) is 11.3 Å². The highest BCUT2D eigenvalue weighted by atomic mass is 35.5. The molecule has 6 heteroatoms. The lowest BCUT2D eigenvalue weighted by molar-refractivity contribution is 0.0931. The predicted octanol–water partition coefficient (Wildman–Crippen LogP) is 5.02. The van der Waals surface area contributed by atoms with E-state index in [0.29, 0.717) is 11.4 Å². The van der Waals surface area contributed by atoms with Crippen LogP contribution in [0.1, 0.15) is 40.2 Å². The molecule has 0 unspecified atom stereocenters. The first kappa shape index (κ1) is 18.1. The minimum absolute atomic E-state index is 0.0165. The molecular weight excluding hydrogens is 378 g/mol. The SMILES string of the molecule is Cc1nc(-c2ccccn2)sc1C(=O)NCC1(c2ccc(Cl)cc2)CCC1. The van der Waals surface area contributed by atoms with Crippen LogP contribution < -0.4 is 5.32 Å². The standard InChI is InChI=1S/C21H20ClN3OS/c1-14-18(27-20(25-14)17-5-2-3-12-23-17)19(26)24-13-21(10-4-11-21)15-6-8-16(22)9-7-15/h2-3,5-9,12H,4,10-11,13H2,1H3,(H,24,26). The van der Waals surface area contributed by atoms with Gasteiger partial charge in [-0.3, -0.25) is 9.78 Å². The summed E-state index contributed by atoms with van der Waals surface area (Å²) in [6.07, 6.45) is 5.08. The second-order valence-corrected chi connectivity index (χ2v) is 8.41. The Morgan fingerprint density at radius 2 is 2.00 bits per heavy atom. The zero-order chi connectivity index (χ0) is 18.9. The quantitative estimate of drug-likeness (QED) is 0.657. The number of nitrogens with zero attached hydrogens (tertiary/aromatic N) is 2. The van der Waals surface area contributed by atoms with Crippen LogP contribution in [0.2, 0.25) is 5.02 Å². The number of benzene rings is 1. The zero-order valence-electron chi connectivity index (χ0n) is 15.0. The summed E-state index contributed by atoms with van der Waals surface area (Å²) < 4.78 is 0. The molecule has 27 heavy (non-hydrogen) atoms. The smallest absolute Gasteiger partial charge is 0.263 e. The number of hydrogen-bond donors (Lipinski definition) is 1. The van der Waals surface area contributed by atoms with Crippen LogP contribution in [0.3, 0.4) is 0 Å². The van der Waals surface area contributed by atoms with Gasteiger partial charge in [-0.25, -0.2) is 4.98 Å². The molecule has 138 valence electrons. The van der Waals surface area contributed by atoms with Gasteiger partial charge in [0.25, 0.3) is 5.91 Å². The molecule has 1 saturated carbocycles. The molecule has 1 aliphatic rings. The van der Waals surface area contributed by atoms with E-state index in [9.17, 15) is 4.79 Å². The molecule has 0 spiro atoms. The summed E-state index contributed by atoms with van der Waals surface area (Å²) in [5.74, 6) is -0.0626. The summed E-state index contributed by atoms with van der Waals surface area (Å²) in [5, 5.41) is 4.65. The summed E-state index contributed by atoms with van der Waals surface area (Å²) >= 11 is 7.41. The van der Waals surface area contributed by atoms with Gasteiger partial charge in [-0.1, -0.05) is 36.2 Å². The Morgan fingerprint density at radius 3 is 2.63 bits per heavy atom. The normalized spacial score (nSPS) is 15.2. The number of aromatic nitrogens is 2. The van der Waals surface area contributed by atoms with Crippen molar-refractivity contribution < 1.29 is 4.79 Å². The lowest BCUT2D eigenvalue weighted by Crippen LogP contribution is -2.45. The molecule has 0 saturated heterocycles. The van der Waals surface area contributed by atoms with E-state index in [-0.39, 0.29) is 11.3 Å². The van der Waals surface area contributed by atoms with Crippen molar-refractivity contribution in [3.05, 3.63) is 69.8 Å². The number of hydrogen-bond acceptors (Lipinski definition) is 4. The number of aryl methyl sites for hydroxylation is 1. The van der Waals surface area contributed by atoms with Gasteiger partial charge in [0.05, 0.1) is 11.4 Å². The monoisotopic (exact) mass is 397 g/mol. The van der Waals surface area contributed by atoms with Gasteiger partial charge in [0, 0.05) is 23.2 Å². The van der Waals surface area contributed by atoms with Crippen molar-refractivity contribution in [2.45, 2.75) is 31.6 Å². The minimum atomic E-state index is -0.0626. The number of carbonyl (C=O) groups is 1. The van der Waals surface area contributed by atoms with Gasteiger partial charge >= 0.3 is 0 Å². The number of rotatable bonds is 5. The van der Waals surface area contributed by atoms with Gasteiger partial charge < -0.3 is 5.32 Å². The summed E-state index contributed by atoms with van der Waals surface area (Å²) in [5.41, 5.74) is 2.80.